The molecule has 11 nitrogen and oxygen atoms in total. The van der Waals surface area contributed by atoms with Crippen molar-refractivity contribution < 1.29 is 19.2 Å². The first-order chi connectivity index (χ1) is 24.5. The lowest BCUT2D eigenvalue weighted by Crippen LogP contribution is -2.39. The molecule has 3 aliphatic heterocycles. The van der Waals surface area contributed by atoms with Crippen LogP contribution in [0.1, 0.15) is 71.8 Å². The van der Waals surface area contributed by atoms with Gasteiger partial charge in [-0.1, -0.05) is 48.5 Å². The van der Waals surface area contributed by atoms with Crippen LogP contribution in [0.15, 0.2) is 72.8 Å². The van der Waals surface area contributed by atoms with Gasteiger partial charge in [-0.2, -0.15) is 0 Å². The number of nitrogens with zero attached hydrogens (tertiary/aromatic N) is 4. The summed E-state index contributed by atoms with van der Waals surface area (Å²) in [6.07, 6.45) is 2.79. The average molecular weight is 862 g/mol. The molecule has 0 aliphatic carbocycles. The van der Waals surface area contributed by atoms with Crippen molar-refractivity contribution in [2.24, 2.45) is 0 Å². The Morgan fingerprint density at radius 2 is 0.945 bits per heavy atom. The van der Waals surface area contributed by atoms with Gasteiger partial charge < -0.3 is 16.0 Å². The van der Waals surface area contributed by atoms with Crippen molar-refractivity contribution in [3.63, 3.8) is 0 Å². The highest BCUT2D eigenvalue weighted by molar-refractivity contribution is 6.22. The van der Waals surface area contributed by atoms with Gasteiger partial charge >= 0.3 is 0 Å². The predicted molar refractivity (Wildman–Crippen MR) is 229 cm³/mol. The summed E-state index contributed by atoms with van der Waals surface area (Å²) >= 11 is 0. The van der Waals surface area contributed by atoms with Crippen LogP contribution in [-0.2, 0) is 13.1 Å². The lowest BCUT2D eigenvalue weighted by Gasteiger charge is -2.26. The molecule has 1 fully saturated rings. The minimum absolute atomic E-state index is 0. The number of carbonyl (C=O) groups excluding carboxylic acids is 4. The van der Waals surface area contributed by atoms with Gasteiger partial charge in [-0.15, -0.1) is 62.0 Å². The molecule has 55 heavy (non-hydrogen) atoms. The third-order valence-corrected chi connectivity index (χ3v) is 9.71. The van der Waals surface area contributed by atoms with Crippen LogP contribution >= 0.6 is 62.0 Å². The summed E-state index contributed by atoms with van der Waals surface area (Å²) in [4.78, 5) is 59.4. The first-order valence-corrected chi connectivity index (χ1v) is 18.0. The Bertz CT molecular complexity index is 1590. The van der Waals surface area contributed by atoms with Crippen molar-refractivity contribution in [3.05, 3.63) is 106 Å². The largest absolute Gasteiger partial charge is 0.315 e. The van der Waals surface area contributed by atoms with Crippen LogP contribution in [0.3, 0.4) is 0 Å². The molecule has 304 valence electrons. The minimum Gasteiger partial charge on any atom is -0.315 e. The van der Waals surface area contributed by atoms with Gasteiger partial charge in [-0.05, 0) is 80.8 Å². The van der Waals surface area contributed by atoms with E-state index in [4.69, 9.17) is 0 Å². The monoisotopic (exact) mass is 859 g/mol. The molecule has 3 aliphatic rings. The number of halogens is 5. The van der Waals surface area contributed by atoms with E-state index in [9.17, 15) is 19.2 Å². The third-order valence-electron chi connectivity index (χ3n) is 9.71. The zero-order valence-electron chi connectivity index (χ0n) is 30.9. The molecule has 16 heteroatoms. The standard InChI is InChI=1S/C39H49N7O4.5ClH/c47-36-32-8-1-2-9-33(32)37(48)45(36)24-7-23-44(26-27-46-38(49)34-10-3-4-11-35(34)39(46)50)29-31-14-12-30(13-15-31)28-43-22-6-18-41-20-19-40-16-5-17-42-21-25-43;;;;;/h1-4,8-15,40-42H,5-7,16-29H2;5*1H. The summed E-state index contributed by atoms with van der Waals surface area (Å²) in [6, 6.07) is 22.6. The molecule has 0 unspecified atom stereocenters. The number of amides is 4. The summed E-state index contributed by atoms with van der Waals surface area (Å²) in [5.41, 5.74) is 4.16. The van der Waals surface area contributed by atoms with E-state index in [1.165, 1.54) is 15.4 Å². The maximum atomic E-state index is 13.1. The van der Waals surface area contributed by atoms with Crippen molar-refractivity contribution in [3.8, 4) is 0 Å². The second-order valence-electron chi connectivity index (χ2n) is 13.3. The van der Waals surface area contributed by atoms with Crippen LogP contribution < -0.4 is 16.0 Å². The molecule has 0 aromatic heterocycles. The maximum Gasteiger partial charge on any atom is 0.261 e. The lowest BCUT2D eigenvalue weighted by atomic mass is 10.1. The van der Waals surface area contributed by atoms with Crippen LogP contribution in [0.2, 0.25) is 0 Å². The molecule has 0 spiro atoms. The fraction of sp³-hybridized carbons (Fsp3) is 0.436. The Morgan fingerprint density at radius 3 is 1.47 bits per heavy atom. The number of hydrogen-bond acceptors (Lipinski definition) is 9. The Kier molecular flexibility index (Phi) is 23.2. The zero-order chi connectivity index (χ0) is 34.7. The first-order valence-electron chi connectivity index (χ1n) is 18.0. The summed E-state index contributed by atoms with van der Waals surface area (Å²) in [6.45, 7) is 11.2. The van der Waals surface area contributed by atoms with Crippen LogP contribution in [0.25, 0.3) is 0 Å². The van der Waals surface area contributed by atoms with Gasteiger partial charge in [0.25, 0.3) is 23.6 Å². The molecule has 3 aromatic carbocycles. The van der Waals surface area contributed by atoms with Crippen LogP contribution in [0.4, 0.5) is 0 Å². The number of nitrogens with one attached hydrogen (secondary N) is 3. The number of hydrogen-bond donors (Lipinski definition) is 3. The van der Waals surface area contributed by atoms with E-state index >= 15 is 0 Å². The molecule has 0 radical (unpaired) electrons. The van der Waals surface area contributed by atoms with Gasteiger partial charge in [0.1, 0.15) is 0 Å². The van der Waals surface area contributed by atoms with E-state index in [0.29, 0.717) is 54.9 Å². The smallest absolute Gasteiger partial charge is 0.261 e. The van der Waals surface area contributed by atoms with Gasteiger partial charge in [0.15, 0.2) is 0 Å². The fourth-order valence-corrected chi connectivity index (χ4v) is 6.94. The summed E-state index contributed by atoms with van der Waals surface area (Å²) < 4.78 is 0. The molecule has 3 heterocycles. The molecule has 4 amide bonds. The molecule has 6 rings (SSSR count). The number of carbonyl (C=O) groups is 4. The Balaban J connectivity index is 0.00000302. The molecular weight excluding hydrogens is 808 g/mol. The fourth-order valence-electron chi connectivity index (χ4n) is 6.94. The van der Waals surface area contributed by atoms with Gasteiger partial charge in [0, 0.05) is 65.4 Å². The third kappa shape index (κ3) is 13.4. The quantitative estimate of drug-likeness (QED) is 0.231. The molecule has 3 aromatic rings. The van der Waals surface area contributed by atoms with Crippen molar-refractivity contribution in [1.29, 1.82) is 0 Å². The first kappa shape index (κ1) is 50.2. The molecule has 0 bridgehead atoms. The molecule has 0 saturated carbocycles. The Hall–Kier alpha value is -2.81. The van der Waals surface area contributed by atoms with Crippen molar-refractivity contribution in [2.45, 2.75) is 32.4 Å². The summed E-state index contributed by atoms with van der Waals surface area (Å²) in [5.74, 6) is -1.05. The molecule has 1 saturated heterocycles. The Morgan fingerprint density at radius 1 is 0.491 bits per heavy atom. The SMILES string of the molecule is Cl.Cl.Cl.Cl.Cl.O=C1c2ccccc2C(=O)N1CCCN(CCN1C(=O)c2ccccc2C1=O)Cc1ccc(CN2CCCNCCNCCCNCC2)cc1. The maximum absolute atomic E-state index is 13.1. The molecule has 0 atom stereocenters. The second kappa shape index (κ2) is 25.4. The summed E-state index contributed by atoms with van der Waals surface area (Å²) in [5, 5.41) is 10.6. The number of fused-ring (bicyclic) bond motifs is 2. The predicted octanol–water partition coefficient (Wildman–Crippen LogP) is 4.94. The van der Waals surface area contributed by atoms with Crippen molar-refractivity contribution in [2.75, 3.05) is 78.5 Å². The van der Waals surface area contributed by atoms with E-state index in [1.807, 2.05) is 0 Å². The van der Waals surface area contributed by atoms with Crippen LogP contribution in [0.5, 0.6) is 0 Å². The lowest BCUT2D eigenvalue weighted by molar-refractivity contribution is 0.0608. The van der Waals surface area contributed by atoms with Crippen molar-refractivity contribution in [1.82, 2.24) is 35.6 Å². The van der Waals surface area contributed by atoms with Crippen LogP contribution in [-0.4, -0.2) is 122 Å². The number of rotatable bonds is 11. The zero-order valence-corrected chi connectivity index (χ0v) is 35.0. The van der Waals surface area contributed by atoms with E-state index in [0.717, 1.165) is 77.3 Å². The van der Waals surface area contributed by atoms with Crippen molar-refractivity contribution >= 4 is 85.7 Å². The molecular formula is C39H54Cl5N7O4. The van der Waals surface area contributed by atoms with Gasteiger partial charge in [0.2, 0.25) is 0 Å². The second-order valence-corrected chi connectivity index (χ2v) is 13.3. The molecule has 3 N–H and O–H groups in total. The van der Waals surface area contributed by atoms with E-state index in [1.54, 1.807) is 48.5 Å². The number of imide groups is 2. The Labute approximate surface area is 355 Å². The highest BCUT2D eigenvalue weighted by Crippen LogP contribution is 2.24. The van der Waals surface area contributed by atoms with Gasteiger partial charge in [-0.3, -0.25) is 38.8 Å². The van der Waals surface area contributed by atoms with E-state index in [-0.39, 0.29) is 92.2 Å². The van der Waals surface area contributed by atoms with Gasteiger partial charge in [0.05, 0.1) is 22.3 Å². The average Bonchev–Trinajstić information content (AvgIpc) is 3.53. The summed E-state index contributed by atoms with van der Waals surface area (Å²) in [7, 11) is 0. The van der Waals surface area contributed by atoms with E-state index < -0.39 is 0 Å². The van der Waals surface area contributed by atoms with Crippen LogP contribution in [0, 0.1) is 0 Å². The highest BCUT2D eigenvalue weighted by atomic mass is 35.5. The highest BCUT2D eigenvalue weighted by Gasteiger charge is 2.36. The normalized spacial score (nSPS) is 16.5. The van der Waals surface area contributed by atoms with E-state index in [2.05, 4.69) is 50.0 Å². The van der Waals surface area contributed by atoms with Gasteiger partial charge in [-0.25, -0.2) is 0 Å². The minimum atomic E-state index is -0.267. The number of benzene rings is 3. The topological polar surface area (TPSA) is 117 Å².